The second kappa shape index (κ2) is 4.82. The minimum absolute atomic E-state index is 0.241. The van der Waals surface area contributed by atoms with Crippen LogP contribution in [0.1, 0.15) is 0 Å². The summed E-state index contributed by atoms with van der Waals surface area (Å²) in [6.07, 6.45) is 0. The van der Waals surface area contributed by atoms with Crippen LogP contribution in [0.25, 0.3) is 0 Å². The average Bonchev–Trinajstić information content (AvgIpc) is 2.99. The summed E-state index contributed by atoms with van der Waals surface area (Å²) in [6, 6.07) is 3.24. The minimum Gasteiger partial charge on any atom is -0.346 e. The van der Waals surface area contributed by atoms with Gasteiger partial charge in [-0.1, -0.05) is 6.07 Å². The number of aromatic nitrogens is 3. The first-order valence-corrected chi connectivity index (χ1v) is 7.77. The Morgan fingerprint density at radius 1 is 1.21 bits per heavy atom. The Kier molecular flexibility index (Phi) is 3.50. The second-order valence-corrected chi connectivity index (χ2v) is 7.22. The van der Waals surface area contributed by atoms with Gasteiger partial charge in [-0.25, -0.2) is 0 Å². The number of hydrogen-bond donors (Lipinski definition) is 0. The van der Waals surface area contributed by atoms with Crippen LogP contribution in [0.5, 0.6) is 0 Å². The number of nitrogens with zero attached hydrogens (tertiary/aromatic N) is 5. The SMILES string of the molecule is CN(C)c1nc(N(C)C)n(S(=O)(=O)c2cccs2)n1. The topological polar surface area (TPSA) is 71.3 Å². The fourth-order valence-corrected chi connectivity index (χ4v) is 3.73. The summed E-state index contributed by atoms with van der Waals surface area (Å²) < 4.78 is 26.2. The maximum absolute atomic E-state index is 12.5. The molecule has 2 rings (SSSR count). The van der Waals surface area contributed by atoms with Gasteiger partial charge in [0.1, 0.15) is 4.21 Å². The van der Waals surface area contributed by atoms with Crippen LogP contribution < -0.4 is 9.80 Å². The van der Waals surface area contributed by atoms with Crippen molar-refractivity contribution in [3.8, 4) is 0 Å². The number of anilines is 2. The zero-order valence-corrected chi connectivity index (χ0v) is 12.7. The Labute approximate surface area is 116 Å². The third-order valence-corrected chi connectivity index (χ3v) is 5.26. The van der Waals surface area contributed by atoms with E-state index in [1.165, 1.54) is 0 Å². The third kappa shape index (κ3) is 2.43. The summed E-state index contributed by atoms with van der Waals surface area (Å²) in [5.41, 5.74) is 0. The molecule has 0 fully saturated rings. The lowest BCUT2D eigenvalue weighted by Gasteiger charge is -2.11. The van der Waals surface area contributed by atoms with Crippen molar-refractivity contribution in [3.63, 3.8) is 0 Å². The molecule has 2 heterocycles. The Balaban J connectivity index is 2.62. The number of thiophene rings is 1. The van der Waals surface area contributed by atoms with Crippen LogP contribution in [0.4, 0.5) is 11.9 Å². The van der Waals surface area contributed by atoms with Crippen molar-refractivity contribution in [3.05, 3.63) is 17.5 Å². The van der Waals surface area contributed by atoms with Crippen LogP contribution in [0.2, 0.25) is 0 Å². The Bertz CT molecular complexity index is 658. The first kappa shape index (κ1) is 13.8. The predicted octanol–water partition coefficient (Wildman–Crippen LogP) is 0.709. The van der Waals surface area contributed by atoms with E-state index in [2.05, 4.69) is 10.1 Å². The quantitative estimate of drug-likeness (QED) is 0.828. The molecule has 0 bridgehead atoms. The van der Waals surface area contributed by atoms with Crippen LogP contribution in [0.3, 0.4) is 0 Å². The summed E-state index contributed by atoms with van der Waals surface area (Å²) in [5, 5.41) is 5.78. The first-order chi connectivity index (χ1) is 8.84. The van der Waals surface area contributed by atoms with Gasteiger partial charge in [0.05, 0.1) is 0 Å². The van der Waals surface area contributed by atoms with Crippen LogP contribution in [-0.2, 0) is 10.0 Å². The largest absolute Gasteiger partial charge is 0.346 e. The molecule has 9 heteroatoms. The molecule has 0 saturated heterocycles. The standard InChI is InChI=1S/C10H15N5O2S2/c1-13(2)9-11-10(14(3)4)15(12-9)19(16,17)8-6-5-7-18-8/h5-7H,1-4H3. The molecule has 2 aromatic rings. The van der Waals surface area contributed by atoms with E-state index in [-0.39, 0.29) is 10.2 Å². The van der Waals surface area contributed by atoms with E-state index in [1.54, 1.807) is 55.5 Å². The molecule has 2 aromatic heterocycles. The molecule has 0 aliphatic heterocycles. The zero-order valence-electron chi connectivity index (χ0n) is 11.1. The van der Waals surface area contributed by atoms with Crippen LogP contribution >= 0.6 is 11.3 Å². The molecule has 0 spiro atoms. The first-order valence-electron chi connectivity index (χ1n) is 5.45. The monoisotopic (exact) mass is 301 g/mol. The van der Waals surface area contributed by atoms with Gasteiger partial charge in [-0.15, -0.1) is 20.5 Å². The zero-order chi connectivity index (χ0) is 14.2. The minimum atomic E-state index is -3.69. The van der Waals surface area contributed by atoms with Gasteiger partial charge in [0, 0.05) is 28.2 Å². The van der Waals surface area contributed by atoms with Crippen LogP contribution in [0.15, 0.2) is 21.7 Å². The van der Waals surface area contributed by atoms with Crippen molar-refractivity contribution in [1.29, 1.82) is 0 Å². The molecule has 19 heavy (non-hydrogen) atoms. The van der Waals surface area contributed by atoms with Crippen molar-refractivity contribution in [2.45, 2.75) is 4.21 Å². The van der Waals surface area contributed by atoms with Gasteiger partial charge in [-0.2, -0.15) is 13.4 Å². The predicted molar refractivity (Wildman–Crippen MR) is 75.6 cm³/mol. The summed E-state index contributed by atoms with van der Waals surface area (Å²) in [7, 11) is 3.28. The molecule has 0 saturated carbocycles. The molecule has 0 N–H and O–H groups in total. The molecule has 0 aliphatic rings. The molecular weight excluding hydrogens is 286 g/mol. The van der Waals surface area contributed by atoms with Gasteiger partial charge in [0.25, 0.3) is 10.0 Å². The third-order valence-electron chi connectivity index (χ3n) is 2.33. The van der Waals surface area contributed by atoms with Gasteiger partial charge in [0.15, 0.2) is 0 Å². The molecule has 0 atom stereocenters. The maximum atomic E-state index is 12.5. The van der Waals surface area contributed by atoms with E-state index >= 15 is 0 Å². The highest BCUT2D eigenvalue weighted by molar-refractivity contribution is 7.92. The van der Waals surface area contributed by atoms with Gasteiger partial charge in [-0.05, 0) is 11.4 Å². The van der Waals surface area contributed by atoms with Gasteiger partial charge < -0.3 is 9.80 Å². The normalized spacial score (nSPS) is 11.6. The van der Waals surface area contributed by atoms with Crippen LogP contribution in [0, 0.1) is 0 Å². The Hall–Kier alpha value is -1.61. The summed E-state index contributed by atoms with van der Waals surface area (Å²) >= 11 is 1.15. The lowest BCUT2D eigenvalue weighted by molar-refractivity contribution is 0.582. The van der Waals surface area contributed by atoms with Crippen molar-refractivity contribution in [2.75, 3.05) is 38.0 Å². The Morgan fingerprint density at radius 3 is 2.37 bits per heavy atom. The fraction of sp³-hybridized carbons (Fsp3) is 0.400. The molecular formula is C10H15N5O2S2. The van der Waals surface area contributed by atoms with E-state index in [9.17, 15) is 8.42 Å². The second-order valence-electron chi connectivity index (χ2n) is 4.28. The fourth-order valence-electron chi connectivity index (χ4n) is 1.40. The molecule has 0 amide bonds. The lowest BCUT2D eigenvalue weighted by Crippen LogP contribution is -2.21. The van der Waals surface area contributed by atoms with E-state index < -0.39 is 10.0 Å². The summed E-state index contributed by atoms with van der Waals surface area (Å²) in [4.78, 5) is 7.49. The van der Waals surface area contributed by atoms with E-state index in [0.717, 1.165) is 15.4 Å². The Morgan fingerprint density at radius 2 is 1.89 bits per heavy atom. The van der Waals surface area contributed by atoms with Gasteiger partial charge >= 0.3 is 0 Å². The molecule has 0 radical (unpaired) electrons. The summed E-state index contributed by atoms with van der Waals surface area (Å²) in [5.74, 6) is 0.626. The van der Waals surface area contributed by atoms with Crippen molar-refractivity contribution >= 4 is 33.3 Å². The highest BCUT2D eigenvalue weighted by atomic mass is 32.2. The number of rotatable bonds is 4. The highest BCUT2D eigenvalue weighted by Crippen LogP contribution is 2.24. The maximum Gasteiger partial charge on any atom is 0.295 e. The highest BCUT2D eigenvalue weighted by Gasteiger charge is 2.26. The molecule has 0 unspecified atom stereocenters. The molecule has 0 aromatic carbocycles. The molecule has 0 aliphatic carbocycles. The van der Waals surface area contributed by atoms with Gasteiger partial charge in [-0.3, -0.25) is 0 Å². The number of hydrogen-bond acceptors (Lipinski definition) is 7. The van der Waals surface area contributed by atoms with Gasteiger partial charge in [0.2, 0.25) is 11.9 Å². The van der Waals surface area contributed by atoms with E-state index in [1.807, 2.05) is 0 Å². The van der Waals surface area contributed by atoms with Crippen molar-refractivity contribution in [2.24, 2.45) is 0 Å². The van der Waals surface area contributed by atoms with Crippen LogP contribution in [-0.4, -0.2) is 50.8 Å². The lowest BCUT2D eigenvalue weighted by atomic mass is 10.7. The summed E-state index contributed by atoms with van der Waals surface area (Å²) in [6.45, 7) is 0. The smallest absolute Gasteiger partial charge is 0.295 e. The van der Waals surface area contributed by atoms with E-state index in [4.69, 9.17) is 0 Å². The average molecular weight is 301 g/mol. The molecule has 104 valence electrons. The molecule has 7 nitrogen and oxygen atoms in total. The van der Waals surface area contributed by atoms with Crippen molar-refractivity contribution in [1.82, 2.24) is 14.2 Å². The van der Waals surface area contributed by atoms with Crippen molar-refractivity contribution < 1.29 is 8.42 Å². The van der Waals surface area contributed by atoms with E-state index in [0.29, 0.717) is 5.95 Å².